The summed E-state index contributed by atoms with van der Waals surface area (Å²) in [6.07, 6.45) is 3.10. The first-order valence-electron chi connectivity index (χ1n) is 9.38. The number of carbonyl (C=O) groups excluding carboxylic acids is 1. The number of anilines is 2. The highest BCUT2D eigenvalue weighted by Gasteiger charge is 2.21. The van der Waals surface area contributed by atoms with E-state index in [1.165, 1.54) is 12.1 Å². The third-order valence-corrected chi connectivity index (χ3v) is 5.02. The van der Waals surface area contributed by atoms with Crippen LogP contribution in [0.1, 0.15) is 44.6 Å². The van der Waals surface area contributed by atoms with Gasteiger partial charge in [0, 0.05) is 24.5 Å². The van der Waals surface area contributed by atoms with E-state index in [0.717, 1.165) is 43.1 Å². The number of amides is 1. The maximum Gasteiger partial charge on any atom is 0.231 e. The predicted octanol–water partition coefficient (Wildman–Crippen LogP) is 5.06. The molecule has 1 amide bonds. The Morgan fingerprint density at radius 3 is 2.48 bits per heavy atom. The lowest BCUT2D eigenvalue weighted by Crippen LogP contribution is -2.21. The Labute approximate surface area is 151 Å². The lowest BCUT2D eigenvalue weighted by Gasteiger charge is -2.19. The fourth-order valence-corrected chi connectivity index (χ4v) is 3.58. The van der Waals surface area contributed by atoms with Gasteiger partial charge in [0.2, 0.25) is 5.91 Å². The van der Waals surface area contributed by atoms with E-state index in [0.29, 0.717) is 0 Å². The van der Waals surface area contributed by atoms with Gasteiger partial charge in [-0.2, -0.15) is 0 Å². The van der Waals surface area contributed by atoms with Gasteiger partial charge >= 0.3 is 0 Å². The highest BCUT2D eigenvalue weighted by Crippen LogP contribution is 2.26. The SMILES string of the molecule is CCCC(C(=O)Nc1ccc(N2CCC(C)C2)cc1)c1ccccc1. The lowest BCUT2D eigenvalue weighted by atomic mass is 9.93. The molecule has 0 aliphatic carbocycles. The van der Waals surface area contributed by atoms with Crippen LogP contribution in [0.3, 0.4) is 0 Å². The van der Waals surface area contributed by atoms with Crippen LogP contribution >= 0.6 is 0 Å². The van der Waals surface area contributed by atoms with Crippen molar-refractivity contribution in [3.63, 3.8) is 0 Å². The number of hydrogen-bond donors (Lipinski definition) is 1. The molecule has 25 heavy (non-hydrogen) atoms. The van der Waals surface area contributed by atoms with Crippen LogP contribution in [-0.2, 0) is 4.79 Å². The zero-order valence-electron chi connectivity index (χ0n) is 15.2. The van der Waals surface area contributed by atoms with Gasteiger partial charge in [0.25, 0.3) is 0 Å². The summed E-state index contributed by atoms with van der Waals surface area (Å²) in [6.45, 7) is 6.67. The molecule has 2 unspecified atom stereocenters. The molecule has 1 heterocycles. The Morgan fingerprint density at radius 1 is 1.16 bits per heavy atom. The number of benzene rings is 2. The van der Waals surface area contributed by atoms with E-state index in [-0.39, 0.29) is 11.8 Å². The summed E-state index contributed by atoms with van der Waals surface area (Å²) < 4.78 is 0. The van der Waals surface area contributed by atoms with Crippen LogP contribution in [0.5, 0.6) is 0 Å². The minimum Gasteiger partial charge on any atom is -0.371 e. The smallest absolute Gasteiger partial charge is 0.231 e. The topological polar surface area (TPSA) is 32.3 Å². The molecule has 3 rings (SSSR count). The molecule has 0 bridgehead atoms. The van der Waals surface area contributed by atoms with E-state index in [4.69, 9.17) is 0 Å². The average molecular weight is 336 g/mol. The quantitative estimate of drug-likeness (QED) is 0.800. The Kier molecular flexibility index (Phi) is 5.75. The standard InChI is InChI=1S/C22H28N2O/c1-3-7-21(18-8-5-4-6-9-18)22(25)23-19-10-12-20(13-11-19)24-15-14-17(2)16-24/h4-6,8-13,17,21H,3,7,14-16H2,1-2H3,(H,23,25). The van der Waals surface area contributed by atoms with Crippen molar-refractivity contribution in [3.05, 3.63) is 60.2 Å². The van der Waals surface area contributed by atoms with Crippen LogP contribution in [0.25, 0.3) is 0 Å². The van der Waals surface area contributed by atoms with Gasteiger partial charge in [0.05, 0.1) is 5.92 Å². The maximum absolute atomic E-state index is 12.8. The fraction of sp³-hybridized carbons (Fsp3) is 0.409. The molecule has 0 saturated carbocycles. The molecular weight excluding hydrogens is 308 g/mol. The van der Waals surface area contributed by atoms with Gasteiger partial charge in [-0.05, 0) is 48.6 Å². The molecule has 1 fully saturated rings. The minimum atomic E-state index is -0.0923. The van der Waals surface area contributed by atoms with Crippen molar-refractivity contribution >= 4 is 17.3 Å². The van der Waals surface area contributed by atoms with E-state index >= 15 is 0 Å². The number of nitrogens with one attached hydrogen (secondary N) is 1. The van der Waals surface area contributed by atoms with Crippen LogP contribution in [0.15, 0.2) is 54.6 Å². The minimum absolute atomic E-state index is 0.0793. The van der Waals surface area contributed by atoms with Crippen molar-refractivity contribution in [1.82, 2.24) is 0 Å². The fourth-order valence-electron chi connectivity index (χ4n) is 3.58. The van der Waals surface area contributed by atoms with Gasteiger partial charge in [-0.3, -0.25) is 4.79 Å². The summed E-state index contributed by atoms with van der Waals surface area (Å²) in [5.41, 5.74) is 3.21. The van der Waals surface area contributed by atoms with Gasteiger partial charge in [0.15, 0.2) is 0 Å². The van der Waals surface area contributed by atoms with Crippen molar-refractivity contribution in [2.75, 3.05) is 23.3 Å². The Balaban J connectivity index is 1.67. The summed E-state index contributed by atoms with van der Waals surface area (Å²) in [4.78, 5) is 15.2. The van der Waals surface area contributed by atoms with Gasteiger partial charge in [-0.25, -0.2) is 0 Å². The molecule has 2 aromatic carbocycles. The molecule has 0 aromatic heterocycles. The second kappa shape index (κ2) is 8.19. The molecule has 3 heteroatoms. The molecule has 2 atom stereocenters. The lowest BCUT2D eigenvalue weighted by molar-refractivity contribution is -0.117. The van der Waals surface area contributed by atoms with Gasteiger partial charge in [-0.1, -0.05) is 50.6 Å². The van der Waals surface area contributed by atoms with Crippen molar-refractivity contribution in [3.8, 4) is 0 Å². The second-order valence-electron chi connectivity index (χ2n) is 7.13. The van der Waals surface area contributed by atoms with Gasteiger partial charge in [0.1, 0.15) is 0 Å². The van der Waals surface area contributed by atoms with Crippen LogP contribution in [0.4, 0.5) is 11.4 Å². The van der Waals surface area contributed by atoms with Crippen molar-refractivity contribution < 1.29 is 4.79 Å². The number of nitrogens with zero attached hydrogens (tertiary/aromatic N) is 1. The second-order valence-corrected chi connectivity index (χ2v) is 7.13. The molecular formula is C22H28N2O. The summed E-state index contributed by atoms with van der Waals surface area (Å²) in [7, 11) is 0. The molecule has 0 radical (unpaired) electrons. The zero-order valence-corrected chi connectivity index (χ0v) is 15.2. The van der Waals surface area contributed by atoms with E-state index in [1.807, 2.05) is 42.5 Å². The summed E-state index contributed by atoms with van der Waals surface area (Å²) in [5.74, 6) is 0.751. The highest BCUT2D eigenvalue weighted by molar-refractivity contribution is 5.96. The molecule has 1 aliphatic heterocycles. The summed E-state index contributed by atoms with van der Waals surface area (Å²) in [5, 5.41) is 3.09. The van der Waals surface area contributed by atoms with Crippen molar-refractivity contribution in [1.29, 1.82) is 0 Å². The average Bonchev–Trinajstić information content (AvgIpc) is 3.07. The molecule has 1 aliphatic rings. The predicted molar refractivity (Wildman–Crippen MR) is 105 cm³/mol. The van der Waals surface area contributed by atoms with E-state index < -0.39 is 0 Å². The van der Waals surface area contributed by atoms with Gasteiger partial charge < -0.3 is 10.2 Å². The van der Waals surface area contributed by atoms with Crippen LogP contribution in [0, 0.1) is 5.92 Å². The third kappa shape index (κ3) is 4.41. The maximum atomic E-state index is 12.8. The van der Waals surface area contributed by atoms with Crippen LogP contribution in [-0.4, -0.2) is 19.0 Å². The Hall–Kier alpha value is -2.29. The zero-order chi connectivity index (χ0) is 17.6. The molecule has 132 valence electrons. The summed E-state index contributed by atoms with van der Waals surface area (Å²) in [6, 6.07) is 18.3. The molecule has 1 N–H and O–H groups in total. The molecule has 3 nitrogen and oxygen atoms in total. The summed E-state index contributed by atoms with van der Waals surface area (Å²) >= 11 is 0. The monoisotopic (exact) mass is 336 g/mol. The molecule has 0 spiro atoms. The van der Waals surface area contributed by atoms with E-state index in [2.05, 4.69) is 36.2 Å². The largest absolute Gasteiger partial charge is 0.371 e. The molecule has 2 aromatic rings. The third-order valence-electron chi connectivity index (χ3n) is 5.02. The highest BCUT2D eigenvalue weighted by atomic mass is 16.1. The number of rotatable bonds is 6. The number of carbonyl (C=O) groups is 1. The molecule has 1 saturated heterocycles. The normalized spacial score (nSPS) is 18.2. The van der Waals surface area contributed by atoms with E-state index in [9.17, 15) is 4.79 Å². The first-order chi connectivity index (χ1) is 12.2. The van der Waals surface area contributed by atoms with Crippen molar-refractivity contribution in [2.24, 2.45) is 5.92 Å². The Morgan fingerprint density at radius 2 is 1.88 bits per heavy atom. The van der Waals surface area contributed by atoms with Crippen molar-refractivity contribution in [2.45, 2.75) is 39.0 Å². The van der Waals surface area contributed by atoms with E-state index in [1.54, 1.807) is 0 Å². The van der Waals surface area contributed by atoms with Crippen LogP contribution in [0.2, 0.25) is 0 Å². The first kappa shape index (κ1) is 17.5. The number of hydrogen-bond acceptors (Lipinski definition) is 2. The van der Waals surface area contributed by atoms with Gasteiger partial charge in [-0.15, -0.1) is 0 Å². The first-order valence-corrected chi connectivity index (χ1v) is 9.38. The Bertz CT molecular complexity index is 681. The van der Waals surface area contributed by atoms with Crippen LogP contribution < -0.4 is 10.2 Å².